The fourth-order valence-corrected chi connectivity index (χ4v) is 2.37. The Labute approximate surface area is 149 Å². The molecule has 3 aromatic rings. The second-order valence-corrected chi connectivity index (χ2v) is 5.69. The highest BCUT2D eigenvalue weighted by Gasteiger charge is 2.13. The molecule has 2 amide bonds. The van der Waals surface area contributed by atoms with E-state index in [1.807, 2.05) is 25.1 Å². The lowest BCUT2D eigenvalue weighted by Crippen LogP contribution is -2.17. The summed E-state index contributed by atoms with van der Waals surface area (Å²) < 4.78 is 13.7. The quantitative estimate of drug-likeness (QED) is 0.747. The van der Waals surface area contributed by atoms with Crippen molar-refractivity contribution < 1.29 is 14.0 Å². The largest absolute Gasteiger partial charge is 0.321 e. The van der Waals surface area contributed by atoms with Crippen LogP contribution in [0, 0.1) is 12.7 Å². The maximum absolute atomic E-state index is 13.7. The SMILES string of the molecule is Cc1cccc(NC(=O)c2cc(C(=O)Nc3ccccc3F)ccn2)c1. The number of carbonyl (C=O) groups is 2. The second-order valence-electron chi connectivity index (χ2n) is 5.69. The van der Waals surface area contributed by atoms with Crippen LogP contribution < -0.4 is 10.6 Å². The van der Waals surface area contributed by atoms with Crippen molar-refractivity contribution in [2.45, 2.75) is 6.92 Å². The van der Waals surface area contributed by atoms with Crippen LogP contribution in [0.15, 0.2) is 66.9 Å². The molecule has 3 rings (SSSR count). The van der Waals surface area contributed by atoms with E-state index >= 15 is 0 Å². The van der Waals surface area contributed by atoms with Crippen molar-refractivity contribution in [1.29, 1.82) is 0 Å². The Bertz CT molecular complexity index is 973. The summed E-state index contributed by atoms with van der Waals surface area (Å²) in [5.74, 6) is -1.49. The molecule has 1 heterocycles. The minimum absolute atomic E-state index is 0.0695. The van der Waals surface area contributed by atoms with Gasteiger partial charge in [-0.3, -0.25) is 14.6 Å². The van der Waals surface area contributed by atoms with Gasteiger partial charge in [0.2, 0.25) is 0 Å². The fourth-order valence-electron chi connectivity index (χ4n) is 2.37. The first kappa shape index (κ1) is 17.3. The molecule has 0 saturated carbocycles. The third-order valence-electron chi connectivity index (χ3n) is 3.65. The zero-order valence-corrected chi connectivity index (χ0v) is 14.0. The number of carbonyl (C=O) groups excluding carboxylic acids is 2. The van der Waals surface area contributed by atoms with Gasteiger partial charge in [-0.1, -0.05) is 24.3 Å². The number of nitrogens with zero attached hydrogens (tertiary/aromatic N) is 1. The van der Waals surface area contributed by atoms with Gasteiger partial charge in [-0.15, -0.1) is 0 Å². The molecule has 0 radical (unpaired) electrons. The minimum atomic E-state index is -0.535. The zero-order chi connectivity index (χ0) is 18.5. The molecule has 2 aromatic carbocycles. The minimum Gasteiger partial charge on any atom is -0.321 e. The monoisotopic (exact) mass is 349 g/mol. The number of hydrogen-bond donors (Lipinski definition) is 2. The highest BCUT2D eigenvalue weighted by atomic mass is 19.1. The molecule has 130 valence electrons. The molecular formula is C20H16FN3O2. The average Bonchev–Trinajstić information content (AvgIpc) is 2.63. The molecule has 2 N–H and O–H groups in total. The lowest BCUT2D eigenvalue weighted by Gasteiger charge is -2.08. The maximum atomic E-state index is 13.7. The normalized spacial score (nSPS) is 10.2. The van der Waals surface area contributed by atoms with Crippen LogP contribution in [0.3, 0.4) is 0 Å². The van der Waals surface area contributed by atoms with Gasteiger partial charge in [0.1, 0.15) is 11.5 Å². The molecule has 0 aliphatic rings. The first-order valence-corrected chi connectivity index (χ1v) is 7.93. The number of benzene rings is 2. The third kappa shape index (κ3) is 4.10. The predicted molar refractivity (Wildman–Crippen MR) is 97.7 cm³/mol. The number of aromatic nitrogens is 1. The molecule has 0 saturated heterocycles. The van der Waals surface area contributed by atoms with Gasteiger partial charge in [-0.25, -0.2) is 4.39 Å². The van der Waals surface area contributed by atoms with E-state index in [0.29, 0.717) is 5.69 Å². The Morgan fingerprint density at radius 3 is 2.50 bits per heavy atom. The van der Waals surface area contributed by atoms with E-state index in [4.69, 9.17) is 0 Å². The third-order valence-corrected chi connectivity index (χ3v) is 3.65. The van der Waals surface area contributed by atoms with Gasteiger partial charge < -0.3 is 10.6 Å². The van der Waals surface area contributed by atoms with Crippen LogP contribution in [0.25, 0.3) is 0 Å². The highest BCUT2D eigenvalue weighted by molar-refractivity contribution is 6.07. The topological polar surface area (TPSA) is 71.1 Å². The van der Waals surface area contributed by atoms with Crippen LogP contribution in [-0.2, 0) is 0 Å². The highest BCUT2D eigenvalue weighted by Crippen LogP contribution is 2.15. The smallest absolute Gasteiger partial charge is 0.274 e. The molecule has 6 heteroatoms. The van der Waals surface area contributed by atoms with Gasteiger partial charge in [-0.05, 0) is 48.9 Å². The standard InChI is InChI=1S/C20H16FN3O2/c1-13-5-4-6-15(11-13)23-20(26)18-12-14(9-10-22-18)19(25)24-17-8-3-2-7-16(17)21/h2-12H,1H3,(H,23,26)(H,24,25). The average molecular weight is 349 g/mol. The van der Waals surface area contributed by atoms with Crippen molar-refractivity contribution in [1.82, 2.24) is 4.98 Å². The molecule has 0 fully saturated rings. The Hall–Kier alpha value is -3.54. The number of nitrogens with one attached hydrogen (secondary N) is 2. The molecule has 1 aromatic heterocycles. The van der Waals surface area contributed by atoms with Crippen LogP contribution in [0.5, 0.6) is 0 Å². The van der Waals surface area contributed by atoms with Crippen molar-refractivity contribution in [3.05, 3.63) is 89.5 Å². The van der Waals surface area contributed by atoms with Crippen molar-refractivity contribution in [2.24, 2.45) is 0 Å². The number of aryl methyl sites for hydroxylation is 1. The van der Waals surface area contributed by atoms with Gasteiger partial charge in [0, 0.05) is 17.4 Å². The summed E-state index contributed by atoms with van der Waals surface area (Å²) in [4.78, 5) is 28.7. The number of halogens is 1. The number of anilines is 2. The summed E-state index contributed by atoms with van der Waals surface area (Å²) >= 11 is 0. The van der Waals surface area contributed by atoms with E-state index in [1.165, 1.54) is 36.5 Å². The van der Waals surface area contributed by atoms with Crippen molar-refractivity contribution in [3.63, 3.8) is 0 Å². The van der Waals surface area contributed by atoms with E-state index in [0.717, 1.165) is 5.56 Å². The Morgan fingerprint density at radius 2 is 1.73 bits per heavy atom. The van der Waals surface area contributed by atoms with E-state index in [1.54, 1.807) is 12.1 Å². The van der Waals surface area contributed by atoms with E-state index in [-0.39, 0.29) is 16.9 Å². The lowest BCUT2D eigenvalue weighted by atomic mass is 10.2. The number of pyridine rings is 1. The van der Waals surface area contributed by atoms with Gasteiger partial charge in [0.05, 0.1) is 5.69 Å². The number of hydrogen-bond acceptors (Lipinski definition) is 3. The van der Waals surface area contributed by atoms with Crippen LogP contribution in [0.2, 0.25) is 0 Å². The summed E-state index contributed by atoms with van der Waals surface area (Å²) in [5, 5.41) is 5.21. The van der Waals surface area contributed by atoms with Crippen LogP contribution in [0.4, 0.5) is 15.8 Å². The first-order valence-electron chi connectivity index (χ1n) is 7.93. The molecule has 0 bridgehead atoms. The summed E-state index contributed by atoms with van der Waals surface area (Å²) in [6.45, 7) is 1.92. The Kier molecular flexibility index (Phi) is 5.03. The molecular weight excluding hydrogens is 333 g/mol. The number of amides is 2. The summed E-state index contributed by atoms with van der Waals surface area (Å²) in [6, 6.07) is 16.0. The first-order chi connectivity index (χ1) is 12.5. The summed E-state index contributed by atoms with van der Waals surface area (Å²) in [7, 11) is 0. The van der Waals surface area contributed by atoms with Crippen molar-refractivity contribution in [3.8, 4) is 0 Å². The molecule has 0 unspecified atom stereocenters. The zero-order valence-electron chi connectivity index (χ0n) is 14.0. The molecule has 0 atom stereocenters. The fraction of sp³-hybridized carbons (Fsp3) is 0.0500. The molecule has 26 heavy (non-hydrogen) atoms. The van der Waals surface area contributed by atoms with Crippen LogP contribution in [0.1, 0.15) is 26.4 Å². The Morgan fingerprint density at radius 1 is 0.923 bits per heavy atom. The maximum Gasteiger partial charge on any atom is 0.274 e. The molecule has 0 spiro atoms. The molecule has 5 nitrogen and oxygen atoms in total. The molecule has 0 aliphatic carbocycles. The lowest BCUT2D eigenvalue weighted by molar-refractivity contribution is 0.102. The molecule has 0 aliphatic heterocycles. The van der Waals surface area contributed by atoms with E-state index in [2.05, 4.69) is 15.6 Å². The second kappa shape index (κ2) is 7.57. The number of rotatable bonds is 4. The summed E-state index contributed by atoms with van der Waals surface area (Å²) in [5.41, 5.74) is 2.01. The number of para-hydroxylation sites is 1. The van der Waals surface area contributed by atoms with Crippen LogP contribution >= 0.6 is 0 Å². The van der Waals surface area contributed by atoms with Gasteiger partial charge in [-0.2, -0.15) is 0 Å². The van der Waals surface area contributed by atoms with Crippen LogP contribution in [-0.4, -0.2) is 16.8 Å². The van der Waals surface area contributed by atoms with Crippen molar-refractivity contribution in [2.75, 3.05) is 10.6 Å². The van der Waals surface area contributed by atoms with E-state index < -0.39 is 17.6 Å². The summed E-state index contributed by atoms with van der Waals surface area (Å²) in [6.07, 6.45) is 1.36. The van der Waals surface area contributed by atoms with Gasteiger partial charge >= 0.3 is 0 Å². The predicted octanol–water partition coefficient (Wildman–Crippen LogP) is 4.03. The Balaban J connectivity index is 1.76. The van der Waals surface area contributed by atoms with Gasteiger partial charge in [0.15, 0.2) is 0 Å². The van der Waals surface area contributed by atoms with E-state index in [9.17, 15) is 14.0 Å². The van der Waals surface area contributed by atoms with Gasteiger partial charge in [0.25, 0.3) is 11.8 Å². The van der Waals surface area contributed by atoms with Crippen molar-refractivity contribution >= 4 is 23.2 Å².